The second kappa shape index (κ2) is 6.81. The second-order valence-electron chi connectivity index (χ2n) is 6.61. The van der Waals surface area contributed by atoms with E-state index < -0.39 is 0 Å². The first-order valence-corrected chi connectivity index (χ1v) is 8.79. The molecule has 0 bridgehead atoms. The Kier molecular flexibility index (Phi) is 4.38. The maximum atomic E-state index is 11.4. The number of ether oxygens (including phenoxy) is 1. The van der Waals surface area contributed by atoms with Crippen molar-refractivity contribution in [3.05, 3.63) is 30.2 Å². The van der Waals surface area contributed by atoms with E-state index in [2.05, 4.69) is 9.88 Å². The molecule has 4 rings (SSSR count). The van der Waals surface area contributed by atoms with Crippen molar-refractivity contribution in [3.8, 4) is 0 Å². The fraction of sp³-hybridized carbons (Fsp3) is 0.556. The van der Waals surface area contributed by atoms with Gasteiger partial charge < -0.3 is 19.0 Å². The minimum Gasteiger partial charge on any atom is -0.448 e. The molecule has 6 heteroatoms. The highest BCUT2D eigenvalue weighted by molar-refractivity contribution is 5.72. The first-order valence-electron chi connectivity index (χ1n) is 8.79. The van der Waals surface area contributed by atoms with Gasteiger partial charge in [0, 0.05) is 19.0 Å². The molecule has 2 aliphatic heterocycles. The second-order valence-corrected chi connectivity index (χ2v) is 6.61. The molecule has 1 aromatic heterocycles. The van der Waals surface area contributed by atoms with Gasteiger partial charge in [-0.1, -0.05) is 12.1 Å². The first-order chi connectivity index (χ1) is 11.8. The zero-order valence-corrected chi connectivity index (χ0v) is 13.8. The van der Waals surface area contributed by atoms with E-state index in [4.69, 9.17) is 9.15 Å². The van der Waals surface area contributed by atoms with E-state index in [1.807, 2.05) is 24.3 Å². The summed E-state index contributed by atoms with van der Waals surface area (Å²) in [7, 11) is 0. The normalized spacial score (nSPS) is 22.2. The van der Waals surface area contributed by atoms with Crippen LogP contribution in [0.3, 0.4) is 0 Å². The lowest BCUT2D eigenvalue weighted by molar-refractivity contribution is 0.153. The number of hydrogen-bond donors (Lipinski definition) is 0. The summed E-state index contributed by atoms with van der Waals surface area (Å²) >= 11 is 0. The van der Waals surface area contributed by atoms with Crippen LogP contribution in [-0.2, 0) is 4.74 Å². The van der Waals surface area contributed by atoms with Crippen LogP contribution in [0.15, 0.2) is 28.7 Å². The molecule has 24 heavy (non-hydrogen) atoms. The van der Waals surface area contributed by atoms with Crippen LogP contribution in [0.2, 0.25) is 0 Å². The molecule has 0 saturated carbocycles. The minimum atomic E-state index is -0.169. The van der Waals surface area contributed by atoms with E-state index in [0.717, 1.165) is 69.0 Å². The number of para-hydroxylation sites is 2. The molecule has 128 valence electrons. The van der Waals surface area contributed by atoms with E-state index in [1.165, 1.54) is 0 Å². The van der Waals surface area contributed by atoms with Gasteiger partial charge in [-0.3, -0.25) is 0 Å². The lowest BCUT2D eigenvalue weighted by Crippen LogP contribution is -2.37. The van der Waals surface area contributed by atoms with Crippen LogP contribution >= 0.6 is 0 Å². The third kappa shape index (κ3) is 3.24. The summed E-state index contributed by atoms with van der Waals surface area (Å²) in [5.41, 5.74) is 1.81. The number of oxazole rings is 1. The quantitative estimate of drug-likeness (QED) is 0.844. The van der Waals surface area contributed by atoms with Gasteiger partial charge in [0.2, 0.25) is 0 Å². The predicted octanol–water partition coefficient (Wildman–Crippen LogP) is 2.85. The number of carbonyl (C=O) groups excluding carboxylic acids is 1. The number of likely N-dealkylation sites (tertiary alicyclic amines) is 1. The van der Waals surface area contributed by atoms with Gasteiger partial charge in [-0.2, -0.15) is 0 Å². The molecule has 0 aliphatic carbocycles. The summed E-state index contributed by atoms with van der Waals surface area (Å²) in [6.45, 7) is 5.13. The summed E-state index contributed by atoms with van der Waals surface area (Å²) in [6, 6.07) is 7.94. The molecular weight excluding hydrogens is 306 g/mol. The summed E-state index contributed by atoms with van der Waals surface area (Å²) in [5.74, 6) is 1.23. The lowest BCUT2D eigenvalue weighted by Gasteiger charge is -2.31. The number of aromatic nitrogens is 1. The summed E-state index contributed by atoms with van der Waals surface area (Å²) in [4.78, 5) is 20.4. The molecule has 1 atom stereocenters. The summed E-state index contributed by atoms with van der Waals surface area (Å²) < 4.78 is 10.9. The largest absolute Gasteiger partial charge is 0.448 e. The van der Waals surface area contributed by atoms with E-state index in [-0.39, 0.29) is 6.09 Å². The molecule has 0 unspecified atom stereocenters. The van der Waals surface area contributed by atoms with Crippen molar-refractivity contribution in [1.29, 1.82) is 0 Å². The molecule has 2 saturated heterocycles. The van der Waals surface area contributed by atoms with E-state index >= 15 is 0 Å². The highest BCUT2D eigenvalue weighted by atomic mass is 16.6. The molecule has 2 fully saturated rings. The van der Waals surface area contributed by atoms with Crippen molar-refractivity contribution in [2.24, 2.45) is 0 Å². The first kappa shape index (κ1) is 15.4. The van der Waals surface area contributed by atoms with Gasteiger partial charge >= 0.3 is 6.09 Å². The molecule has 3 heterocycles. The van der Waals surface area contributed by atoms with Crippen molar-refractivity contribution >= 4 is 17.2 Å². The van der Waals surface area contributed by atoms with E-state index in [1.54, 1.807) is 4.90 Å². The average Bonchev–Trinajstić information content (AvgIpc) is 3.21. The Labute approximate surface area is 141 Å². The smallest absolute Gasteiger partial charge is 0.409 e. The minimum absolute atomic E-state index is 0.169. The number of cyclic esters (lactones) is 1. The van der Waals surface area contributed by atoms with Gasteiger partial charge in [-0.05, 0) is 44.5 Å². The molecule has 1 aromatic carbocycles. The molecule has 0 spiro atoms. The Morgan fingerprint density at radius 3 is 2.96 bits per heavy atom. The van der Waals surface area contributed by atoms with Crippen molar-refractivity contribution in [2.75, 3.05) is 39.3 Å². The highest BCUT2D eigenvalue weighted by Crippen LogP contribution is 2.29. The number of rotatable bonds is 5. The Bertz CT molecular complexity index is 681. The molecule has 6 nitrogen and oxygen atoms in total. The number of nitrogens with zero attached hydrogens (tertiary/aromatic N) is 3. The third-order valence-electron chi connectivity index (χ3n) is 4.91. The lowest BCUT2D eigenvalue weighted by atomic mass is 9.98. The predicted molar refractivity (Wildman–Crippen MR) is 90.0 cm³/mol. The van der Waals surface area contributed by atoms with Crippen molar-refractivity contribution < 1.29 is 13.9 Å². The maximum absolute atomic E-state index is 11.4. The molecular formula is C18H23N3O3. The van der Waals surface area contributed by atoms with Gasteiger partial charge in [0.1, 0.15) is 12.1 Å². The standard InChI is InChI=1S/C18H23N3O3/c22-18-21(11-12-23-18)10-4-9-20-8-3-5-14(13-20)17-19-15-6-1-2-7-16(15)24-17/h1-2,6-7,14H,3-5,8-13H2/t14-/m1/s1. The zero-order chi connectivity index (χ0) is 16.4. The number of carbonyl (C=O) groups is 1. The fourth-order valence-corrected chi connectivity index (χ4v) is 3.64. The van der Waals surface area contributed by atoms with Gasteiger partial charge in [0.05, 0.1) is 6.54 Å². The van der Waals surface area contributed by atoms with Crippen molar-refractivity contribution in [3.63, 3.8) is 0 Å². The number of amides is 1. The number of hydrogen-bond acceptors (Lipinski definition) is 5. The van der Waals surface area contributed by atoms with Gasteiger partial charge in [0.15, 0.2) is 11.5 Å². The zero-order valence-electron chi connectivity index (χ0n) is 13.8. The summed E-state index contributed by atoms with van der Waals surface area (Å²) in [6.07, 6.45) is 3.10. The molecule has 0 N–H and O–H groups in total. The van der Waals surface area contributed by atoms with Crippen LogP contribution in [-0.4, -0.2) is 60.2 Å². The number of benzene rings is 1. The van der Waals surface area contributed by atoms with Crippen molar-refractivity contribution in [2.45, 2.75) is 25.2 Å². The fourth-order valence-electron chi connectivity index (χ4n) is 3.64. The summed E-state index contributed by atoms with van der Waals surface area (Å²) in [5, 5.41) is 0. The highest BCUT2D eigenvalue weighted by Gasteiger charge is 2.26. The Morgan fingerprint density at radius 1 is 1.21 bits per heavy atom. The van der Waals surface area contributed by atoms with Crippen LogP contribution in [0.4, 0.5) is 4.79 Å². The van der Waals surface area contributed by atoms with Crippen LogP contribution < -0.4 is 0 Å². The Balaban J connectivity index is 1.32. The molecule has 2 aliphatic rings. The number of piperidine rings is 1. The maximum Gasteiger partial charge on any atom is 0.409 e. The topological polar surface area (TPSA) is 58.8 Å². The monoisotopic (exact) mass is 329 g/mol. The average molecular weight is 329 g/mol. The van der Waals surface area contributed by atoms with Crippen LogP contribution in [0.25, 0.3) is 11.1 Å². The molecule has 1 amide bonds. The van der Waals surface area contributed by atoms with Crippen LogP contribution in [0, 0.1) is 0 Å². The third-order valence-corrected chi connectivity index (χ3v) is 4.91. The van der Waals surface area contributed by atoms with E-state index in [0.29, 0.717) is 12.5 Å². The molecule has 2 aromatic rings. The Hall–Kier alpha value is -2.08. The molecule has 0 radical (unpaired) electrons. The SMILES string of the molecule is O=C1OCCN1CCCN1CCC[C@@H](c2nc3ccccc3o2)C1. The number of fused-ring (bicyclic) bond motifs is 1. The van der Waals surface area contributed by atoms with Gasteiger partial charge in [0.25, 0.3) is 0 Å². The van der Waals surface area contributed by atoms with E-state index in [9.17, 15) is 4.79 Å². The van der Waals surface area contributed by atoms with Gasteiger partial charge in [-0.15, -0.1) is 0 Å². The Morgan fingerprint density at radius 2 is 2.12 bits per heavy atom. The van der Waals surface area contributed by atoms with Crippen LogP contribution in [0.1, 0.15) is 31.1 Å². The van der Waals surface area contributed by atoms with Crippen LogP contribution in [0.5, 0.6) is 0 Å². The van der Waals surface area contributed by atoms with Gasteiger partial charge in [-0.25, -0.2) is 9.78 Å². The van der Waals surface area contributed by atoms with Crippen molar-refractivity contribution in [1.82, 2.24) is 14.8 Å².